The molecule has 0 saturated heterocycles. The second-order valence-corrected chi connectivity index (χ2v) is 10.1. The van der Waals surface area contributed by atoms with Gasteiger partial charge in [-0.1, -0.05) is 12.1 Å². The number of aromatic nitrogens is 1. The highest BCUT2D eigenvalue weighted by Gasteiger charge is 2.46. The molecule has 1 N–H and O–H groups in total. The van der Waals surface area contributed by atoms with Gasteiger partial charge >= 0.3 is 6.36 Å². The first-order valence-electron chi connectivity index (χ1n) is 8.82. The summed E-state index contributed by atoms with van der Waals surface area (Å²) in [6.45, 7) is 4.87. The molecule has 2 heterocycles. The van der Waals surface area contributed by atoms with Gasteiger partial charge in [0.2, 0.25) is 10.0 Å². The molecule has 1 aliphatic heterocycles. The van der Waals surface area contributed by atoms with Crippen LogP contribution in [0.5, 0.6) is 11.5 Å². The van der Waals surface area contributed by atoms with Crippen LogP contribution in [0, 0.1) is 0 Å². The predicted molar refractivity (Wildman–Crippen MR) is 100 cm³/mol. The standard InChI is InChI=1S/C19H21F3N2O4S/c1-17(2,3)29(25,26)24-18(10-12-27-15-5-4-11-23-16(15)18)13-6-8-14(9-7-13)28-19(20,21)22/h4-9,11,24H,10,12H2,1-3H3. The van der Waals surface area contributed by atoms with Gasteiger partial charge in [-0.3, -0.25) is 4.98 Å². The molecule has 1 atom stereocenters. The van der Waals surface area contributed by atoms with E-state index in [0.717, 1.165) is 12.1 Å². The van der Waals surface area contributed by atoms with Crippen LogP contribution in [0.2, 0.25) is 0 Å². The summed E-state index contributed by atoms with van der Waals surface area (Å²) in [5, 5.41) is 0. The van der Waals surface area contributed by atoms with Gasteiger partial charge in [0, 0.05) is 12.6 Å². The van der Waals surface area contributed by atoms with E-state index in [9.17, 15) is 21.6 Å². The average Bonchev–Trinajstić information content (AvgIpc) is 2.60. The molecule has 0 fully saturated rings. The van der Waals surface area contributed by atoms with Crippen LogP contribution < -0.4 is 14.2 Å². The lowest BCUT2D eigenvalue weighted by atomic mass is 9.82. The summed E-state index contributed by atoms with van der Waals surface area (Å²) < 4.78 is 74.6. The van der Waals surface area contributed by atoms with Gasteiger partial charge in [0.1, 0.15) is 22.7 Å². The Hall–Kier alpha value is -2.33. The Morgan fingerprint density at radius 1 is 1.14 bits per heavy atom. The first-order valence-corrected chi connectivity index (χ1v) is 10.3. The fourth-order valence-corrected chi connectivity index (χ4v) is 4.10. The van der Waals surface area contributed by atoms with Crippen LogP contribution in [0.1, 0.15) is 38.4 Å². The number of hydrogen-bond donors (Lipinski definition) is 1. The van der Waals surface area contributed by atoms with Crippen molar-refractivity contribution in [2.45, 2.75) is 43.8 Å². The van der Waals surface area contributed by atoms with Gasteiger partial charge < -0.3 is 9.47 Å². The molecule has 3 rings (SSSR count). The van der Waals surface area contributed by atoms with Crippen LogP contribution in [0.25, 0.3) is 0 Å². The fraction of sp³-hybridized carbons (Fsp3) is 0.421. The highest BCUT2D eigenvalue weighted by atomic mass is 32.2. The van der Waals surface area contributed by atoms with Gasteiger partial charge in [0.05, 0.1) is 11.4 Å². The summed E-state index contributed by atoms with van der Waals surface area (Å²) in [6.07, 6.45) is -3.10. The van der Waals surface area contributed by atoms with E-state index in [2.05, 4.69) is 14.4 Å². The maximum Gasteiger partial charge on any atom is 0.573 e. The molecule has 6 nitrogen and oxygen atoms in total. The Morgan fingerprint density at radius 2 is 1.79 bits per heavy atom. The van der Waals surface area contributed by atoms with Crippen LogP contribution in [-0.4, -0.2) is 31.1 Å². The molecule has 0 saturated carbocycles. The first-order chi connectivity index (χ1) is 13.3. The third kappa shape index (κ3) is 4.32. The van der Waals surface area contributed by atoms with Gasteiger partial charge in [0.15, 0.2) is 0 Å². The van der Waals surface area contributed by atoms with Crippen LogP contribution in [0.4, 0.5) is 13.2 Å². The Bertz CT molecular complexity index is 986. The van der Waals surface area contributed by atoms with Crippen LogP contribution in [0.3, 0.4) is 0 Å². The molecule has 0 radical (unpaired) electrons. The van der Waals surface area contributed by atoms with Gasteiger partial charge in [-0.15, -0.1) is 13.2 Å². The molecule has 29 heavy (non-hydrogen) atoms. The third-order valence-electron chi connectivity index (χ3n) is 4.61. The minimum absolute atomic E-state index is 0.201. The van der Waals surface area contributed by atoms with Crippen LogP contribution in [0.15, 0.2) is 42.6 Å². The monoisotopic (exact) mass is 430 g/mol. The zero-order valence-corrected chi connectivity index (χ0v) is 16.9. The topological polar surface area (TPSA) is 77.5 Å². The highest BCUT2D eigenvalue weighted by Crippen LogP contribution is 2.42. The molecule has 1 aromatic heterocycles. The SMILES string of the molecule is CC(C)(C)S(=O)(=O)NC1(c2ccc(OC(F)(F)F)cc2)CCOc2cccnc21. The number of rotatable bonds is 4. The van der Waals surface area contributed by atoms with E-state index in [1.807, 2.05) is 0 Å². The highest BCUT2D eigenvalue weighted by molar-refractivity contribution is 7.90. The number of ether oxygens (including phenoxy) is 2. The number of hydrogen-bond acceptors (Lipinski definition) is 5. The Balaban J connectivity index is 2.13. The van der Waals surface area contributed by atoms with Crippen LogP contribution in [-0.2, 0) is 15.6 Å². The molecule has 0 bridgehead atoms. The van der Waals surface area contributed by atoms with Gasteiger partial charge in [-0.05, 0) is 50.6 Å². The third-order valence-corrected chi connectivity index (χ3v) is 6.83. The zero-order valence-electron chi connectivity index (χ0n) is 16.1. The van der Waals surface area contributed by atoms with E-state index in [1.54, 1.807) is 32.9 Å². The number of pyridine rings is 1. The van der Waals surface area contributed by atoms with E-state index in [1.165, 1.54) is 18.3 Å². The lowest BCUT2D eigenvalue weighted by Crippen LogP contribution is -2.54. The maximum atomic E-state index is 13.0. The summed E-state index contributed by atoms with van der Waals surface area (Å²) in [5.41, 5.74) is -0.510. The molecule has 10 heteroatoms. The first kappa shape index (κ1) is 21.4. The number of alkyl halides is 3. The summed E-state index contributed by atoms with van der Waals surface area (Å²) in [4.78, 5) is 4.33. The minimum atomic E-state index is -4.82. The van der Waals surface area contributed by atoms with Crippen molar-refractivity contribution in [2.75, 3.05) is 6.61 Å². The normalized spacial score (nSPS) is 19.9. The summed E-state index contributed by atoms with van der Waals surface area (Å²) in [6, 6.07) is 8.42. The van der Waals surface area contributed by atoms with Gasteiger partial charge in [0.25, 0.3) is 0 Å². The van der Waals surface area contributed by atoms with Crippen molar-refractivity contribution in [3.63, 3.8) is 0 Å². The molecule has 158 valence electrons. The van der Waals surface area contributed by atoms with Gasteiger partial charge in [-0.2, -0.15) is 4.72 Å². The summed E-state index contributed by atoms with van der Waals surface area (Å²) in [5.74, 6) is 0.00867. The van der Waals surface area contributed by atoms with Crippen molar-refractivity contribution in [2.24, 2.45) is 0 Å². The van der Waals surface area contributed by atoms with E-state index in [4.69, 9.17) is 4.74 Å². The van der Waals surface area contributed by atoms with Gasteiger partial charge in [-0.25, -0.2) is 8.42 Å². The Morgan fingerprint density at radius 3 is 2.38 bits per heavy atom. The molecule has 1 aliphatic rings. The fourth-order valence-electron chi connectivity index (χ4n) is 3.02. The van der Waals surface area contributed by atoms with Crippen molar-refractivity contribution < 1.29 is 31.1 Å². The molecule has 2 aromatic rings. The maximum absolute atomic E-state index is 13.0. The smallest absolute Gasteiger partial charge is 0.491 e. The number of nitrogens with zero attached hydrogens (tertiary/aromatic N) is 1. The average molecular weight is 430 g/mol. The summed E-state index contributed by atoms with van der Waals surface area (Å²) >= 11 is 0. The van der Waals surface area contributed by atoms with Crippen molar-refractivity contribution in [3.8, 4) is 11.5 Å². The Kier molecular flexibility index (Phi) is 5.29. The summed E-state index contributed by atoms with van der Waals surface area (Å²) in [7, 11) is -3.84. The molecular formula is C19H21F3N2O4S. The van der Waals surface area contributed by atoms with E-state index >= 15 is 0 Å². The molecule has 1 aromatic carbocycles. The molecule has 1 unspecified atom stereocenters. The second-order valence-electron chi connectivity index (χ2n) is 7.64. The van der Waals surface area contributed by atoms with E-state index < -0.39 is 32.4 Å². The van der Waals surface area contributed by atoms with Crippen molar-refractivity contribution >= 4 is 10.0 Å². The molecule has 0 spiro atoms. The molecule has 0 aliphatic carbocycles. The lowest BCUT2D eigenvalue weighted by Gasteiger charge is -2.40. The van der Waals surface area contributed by atoms with Crippen molar-refractivity contribution in [1.29, 1.82) is 0 Å². The number of fused-ring (bicyclic) bond motifs is 1. The van der Waals surface area contributed by atoms with Crippen molar-refractivity contribution in [3.05, 3.63) is 53.9 Å². The molecule has 0 amide bonds. The van der Waals surface area contributed by atoms with E-state index in [-0.39, 0.29) is 13.0 Å². The number of sulfonamides is 1. The quantitative estimate of drug-likeness (QED) is 0.800. The van der Waals surface area contributed by atoms with Crippen molar-refractivity contribution in [1.82, 2.24) is 9.71 Å². The molecular weight excluding hydrogens is 409 g/mol. The Labute approximate surface area is 167 Å². The van der Waals surface area contributed by atoms with Crippen LogP contribution >= 0.6 is 0 Å². The number of nitrogens with one attached hydrogen (secondary N) is 1. The predicted octanol–water partition coefficient (Wildman–Crippen LogP) is 3.72. The number of halogens is 3. The number of benzene rings is 1. The zero-order chi connectivity index (χ0) is 21.5. The minimum Gasteiger partial charge on any atom is -0.491 e. The largest absolute Gasteiger partial charge is 0.573 e. The van der Waals surface area contributed by atoms with E-state index in [0.29, 0.717) is 17.0 Å². The second kappa shape index (κ2) is 7.17. The lowest BCUT2D eigenvalue weighted by molar-refractivity contribution is -0.274.